The van der Waals surface area contributed by atoms with Crippen LogP contribution in [0.4, 0.5) is 10.5 Å². The van der Waals surface area contributed by atoms with Crippen LogP contribution in [0.2, 0.25) is 0 Å². The van der Waals surface area contributed by atoms with E-state index >= 15 is 0 Å². The summed E-state index contributed by atoms with van der Waals surface area (Å²) in [5.74, 6) is 0. The van der Waals surface area contributed by atoms with E-state index in [2.05, 4.69) is 49.2 Å². The van der Waals surface area contributed by atoms with Crippen LogP contribution in [0, 0.1) is 6.92 Å². The average molecular weight is 303 g/mol. The maximum Gasteiger partial charge on any atom is 0.321 e. The van der Waals surface area contributed by atoms with Crippen LogP contribution in [0.25, 0.3) is 0 Å². The molecule has 4 heteroatoms. The van der Waals surface area contributed by atoms with Gasteiger partial charge in [-0.1, -0.05) is 38.5 Å². The Hall–Kier alpha value is -1.55. The first-order valence-corrected chi connectivity index (χ1v) is 8.52. The fraction of sp³-hybridized carbons (Fsp3) is 0.611. The number of carbonyl (C=O) groups excluding carboxylic acids is 1. The largest absolute Gasteiger partial charge is 0.322 e. The Labute approximate surface area is 134 Å². The van der Waals surface area contributed by atoms with Crippen molar-refractivity contribution in [3.05, 3.63) is 29.3 Å². The summed E-state index contributed by atoms with van der Waals surface area (Å²) in [6.45, 7) is 11.2. The molecule has 1 aliphatic rings. The van der Waals surface area contributed by atoms with E-state index in [1.807, 2.05) is 4.90 Å². The number of urea groups is 1. The van der Waals surface area contributed by atoms with E-state index in [-0.39, 0.29) is 6.03 Å². The van der Waals surface area contributed by atoms with Gasteiger partial charge in [-0.3, -0.25) is 4.90 Å². The summed E-state index contributed by atoms with van der Waals surface area (Å²) < 4.78 is 0. The summed E-state index contributed by atoms with van der Waals surface area (Å²) in [5, 5.41) is 3.13. The smallest absolute Gasteiger partial charge is 0.321 e. The molecule has 1 aromatic rings. The number of rotatable bonds is 5. The highest BCUT2D eigenvalue weighted by atomic mass is 16.2. The molecular weight excluding hydrogens is 274 g/mol. The van der Waals surface area contributed by atoms with E-state index in [0.717, 1.165) is 50.4 Å². The van der Waals surface area contributed by atoms with Gasteiger partial charge in [0.1, 0.15) is 0 Å². The molecule has 1 heterocycles. The van der Waals surface area contributed by atoms with Crippen molar-refractivity contribution in [2.75, 3.05) is 38.0 Å². The monoisotopic (exact) mass is 303 g/mol. The first kappa shape index (κ1) is 16.8. The van der Waals surface area contributed by atoms with Gasteiger partial charge in [-0.25, -0.2) is 4.79 Å². The van der Waals surface area contributed by atoms with Crippen LogP contribution in [-0.4, -0.2) is 48.6 Å². The lowest BCUT2D eigenvalue weighted by Gasteiger charge is -2.34. The molecule has 0 bridgehead atoms. The second kappa shape index (κ2) is 8.18. The van der Waals surface area contributed by atoms with E-state index < -0.39 is 0 Å². The van der Waals surface area contributed by atoms with Crippen molar-refractivity contribution in [3.8, 4) is 0 Å². The van der Waals surface area contributed by atoms with Crippen LogP contribution in [0.1, 0.15) is 37.8 Å². The molecule has 0 aromatic heterocycles. The van der Waals surface area contributed by atoms with Gasteiger partial charge in [-0.05, 0) is 37.4 Å². The van der Waals surface area contributed by atoms with Crippen LogP contribution in [0.5, 0.6) is 0 Å². The molecule has 0 spiro atoms. The van der Waals surface area contributed by atoms with Gasteiger partial charge in [0.15, 0.2) is 0 Å². The number of hydrogen-bond donors (Lipinski definition) is 1. The van der Waals surface area contributed by atoms with E-state index in [0.29, 0.717) is 0 Å². The maximum absolute atomic E-state index is 12.5. The highest BCUT2D eigenvalue weighted by Crippen LogP contribution is 2.21. The number of benzene rings is 1. The van der Waals surface area contributed by atoms with Gasteiger partial charge in [0.05, 0.1) is 0 Å². The highest BCUT2D eigenvalue weighted by molar-refractivity contribution is 5.91. The predicted octanol–water partition coefficient (Wildman–Crippen LogP) is 3.51. The van der Waals surface area contributed by atoms with Crippen molar-refractivity contribution in [1.82, 2.24) is 9.80 Å². The van der Waals surface area contributed by atoms with Crippen molar-refractivity contribution >= 4 is 11.7 Å². The Morgan fingerprint density at radius 3 is 2.55 bits per heavy atom. The zero-order valence-electron chi connectivity index (χ0n) is 14.2. The third-order valence-corrected chi connectivity index (χ3v) is 4.46. The molecule has 1 fully saturated rings. The number of nitrogens with one attached hydrogen (secondary N) is 1. The normalized spacial score (nSPS) is 15.9. The molecule has 22 heavy (non-hydrogen) atoms. The number of hydrogen-bond acceptors (Lipinski definition) is 2. The molecule has 122 valence electrons. The first-order valence-electron chi connectivity index (χ1n) is 8.52. The summed E-state index contributed by atoms with van der Waals surface area (Å²) in [7, 11) is 0. The van der Waals surface area contributed by atoms with Gasteiger partial charge in [0.25, 0.3) is 0 Å². The first-order chi connectivity index (χ1) is 10.7. The lowest BCUT2D eigenvalue weighted by Crippen LogP contribution is -2.50. The van der Waals surface area contributed by atoms with Gasteiger partial charge in [-0.2, -0.15) is 0 Å². The van der Waals surface area contributed by atoms with Crippen LogP contribution in [0.3, 0.4) is 0 Å². The SMILES string of the molecule is CCCCN1CCN(C(=O)Nc2c(C)cccc2CC)CC1. The molecule has 1 saturated heterocycles. The number of aryl methyl sites for hydroxylation is 2. The van der Waals surface area contributed by atoms with Crippen LogP contribution >= 0.6 is 0 Å². The molecule has 0 unspecified atom stereocenters. The molecule has 1 aromatic carbocycles. The summed E-state index contributed by atoms with van der Waals surface area (Å²) in [6.07, 6.45) is 3.41. The fourth-order valence-corrected chi connectivity index (χ4v) is 2.94. The van der Waals surface area contributed by atoms with Crippen molar-refractivity contribution in [1.29, 1.82) is 0 Å². The van der Waals surface area contributed by atoms with Crippen LogP contribution in [0.15, 0.2) is 18.2 Å². The highest BCUT2D eigenvalue weighted by Gasteiger charge is 2.21. The van der Waals surface area contributed by atoms with Crippen molar-refractivity contribution in [2.24, 2.45) is 0 Å². The molecular formula is C18H29N3O. The number of anilines is 1. The fourth-order valence-electron chi connectivity index (χ4n) is 2.94. The topological polar surface area (TPSA) is 35.6 Å². The second-order valence-electron chi connectivity index (χ2n) is 6.07. The van der Waals surface area contributed by atoms with Gasteiger partial charge < -0.3 is 10.2 Å². The molecule has 0 aliphatic carbocycles. The lowest BCUT2D eigenvalue weighted by atomic mass is 10.1. The number of para-hydroxylation sites is 1. The number of amides is 2. The van der Waals surface area contributed by atoms with Crippen LogP contribution < -0.4 is 5.32 Å². The van der Waals surface area contributed by atoms with Gasteiger partial charge in [0.2, 0.25) is 0 Å². The average Bonchev–Trinajstić information content (AvgIpc) is 2.55. The standard InChI is InChI=1S/C18H29N3O/c1-4-6-10-20-11-13-21(14-12-20)18(22)19-17-15(3)8-7-9-16(17)5-2/h7-9H,4-6,10-14H2,1-3H3,(H,19,22). The van der Waals surface area contributed by atoms with Crippen molar-refractivity contribution in [2.45, 2.75) is 40.0 Å². The van der Waals surface area contributed by atoms with E-state index in [4.69, 9.17) is 0 Å². The number of unbranched alkanes of at least 4 members (excludes halogenated alkanes) is 1. The van der Waals surface area contributed by atoms with Crippen molar-refractivity contribution < 1.29 is 4.79 Å². The van der Waals surface area contributed by atoms with Crippen molar-refractivity contribution in [3.63, 3.8) is 0 Å². The van der Waals surface area contributed by atoms with E-state index in [1.165, 1.54) is 18.4 Å². The number of piperazine rings is 1. The minimum Gasteiger partial charge on any atom is -0.322 e. The summed E-state index contributed by atoms with van der Waals surface area (Å²) in [4.78, 5) is 16.9. The third kappa shape index (κ3) is 4.23. The lowest BCUT2D eigenvalue weighted by molar-refractivity contribution is 0.146. The molecule has 4 nitrogen and oxygen atoms in total. The third-order valence-electron chi connectivity index (χ3n) is 4.46. The maximum atomic E-state index is 12.5. The molecule has 1 N–H and O–H groups in total. The zero-order valence-corrected chi connectivity index (χ0v) is 14.2. The molecule has 0 saturated carbocycles. The minimum atomic E-state index is 0.0409. The number of nitrogens with zero attached hydrogens (tertiary/aromatic N) is 2. The van der Waals surface area contributed by atoms with Gasteiger partial charge >= 0.3 is 6.03 Å². The van der Waals surface area contributed by atoms with Crippen LogP contribution in [-0.2, 0) is 6.42 Å². The summed E-state index contributed by atoms with van der Waals surface area (Å²) in [6, 6.07) is 6.23. The summed E-state index contributed by atoms with van der Waals surface area (Å²) in [5.41, 5.74) is 3.33. The second-order valence-corrected chi connectivity index (χ2v) is 6.07. The van der Waals surface area contributed by atoms with Gasteiger partial charge in [-0.15, -0.1) is 0 Å². The van der Waals surface area contributed by atoms with Gasteiger partial charge in [0, 0.05) is 31.9 Å². The predicted molar refractivity (Wildman–Crippen MR) is 92.5 cm³/mol. The van der Waals surface area contributed by atoms with E-state index in [1.54, 1.807) is 0 Å². The zero-order chi connectivity index (χ0) is 15.9. The molecule has 0 atom stereocenters. The Kier molecular flexibility index (Phi) is 6.25. The van der Waals surface area contributed by atoms with E-state index in [9.17, 15) is 4.79 Å². The molecule has 1 aliphatic heterocycles. The molecule has 0 radical (unpaired) electrons. The molecule has 2 amide bonds. The Balaban J connectivity index is 1.91. The Bertz CT molecular complexity index is 493. The molecule has 2 rings (SSSR count). The Morgan fingerprint density at radius 2 is 1.91 bits per heavy atom. The quantitative estimate of drug-likeness (QED) is 0.903. The minimum absolute atomic E-state index is 0.0409. The summed E-state index contributed by atoms with van der Waals surface area (Å²) >= 11 is 0. The Morgan fingerprint density at radius 1 is 1.18 bits per heavy atom. The number of carbonyl (C=O) groups is 1.